The van der Waals surface area contributed by atoms with Crippen molar-refractivity contribution in [2.45, 2.75) is 19.3 Å². The standard InChI is InChI=1S/C10H14O4/c1-13-8-3-2-4-9(7-8)14-6-5-10(11)12/h3,7H,2,4-6H2,1H3,(H,11,12). The molecule has 0 aromatic heterocycles. The van der Waals surface area contributed by atoms with Gasteiger partial charge in [0.05, 0.1) is 25.9 Å². The molecule has 1 N–H and O–H groups in total. The lowest BCUT2D eigenvalue weighted by Crippen LogP contribution is -2.04. The Balaban J connectivity index is 2.34. The Morgan fingerprint density at radius 2 is 2.43 bits per heavy atom. The zero-order chi connectivity index (χ0) is 10.4. The molecule has 4 nitrogen and oxygen atoms in total. The second kappa shape index (κ2) is 5.32. The molecule has 4 heteroatoms. The molecule has 14 heavy (non-hydrogen) atoms. The van der Waals surface area contributed by atoms with E-state index in [9.17, 15) is 4.79 Å². The van der Waals surface area contributed by atoms with E-state index in [-0.39, 0.29) is 13.0 Å². The van der Waals surface area contributed by atoms with E-state index < -0.39 is 5.97 Å². The molecular weight excluding hydrogens is 184 g/mol. The third kappa shape index (κ3) is 3.51. The second-order valence-electron chi connectivity index (χ2n) is 2.95. The summed E-state index contributed by atoms with van der Waals surface area (Å²) in [5.74, 6) is 0.732. The van der Waals surface area contributed by atoms with Crippen molar-refractivity contribution in [3.63, 3.8) is 0 Å². The lowest BCUT2D eigenvalue weighted by atomic mass is 10.1. The van der Waals surface area contributed by atoms with Gasteiger partial charge < -0.3 is 14.6 Å². The fourth-order valence-electron chi connectivity index (χ4n) is 1.17. The van der Waals surface area contributed by atoms with Gasteiger partial charge >= 0.3 is 5.97 Å². The van der Waals surface area contributed by atoms with E-state index in [2.05, 4.69) is 0 Å². The van der Waals surface area contributed by atoms with Crippen LogP contribution in [0.1, 0.15) is 19.3 Å². The first-order valence-electron chi connectivity index (χ1n) is 4.51. The van der Waals surface area contributed by atoms with Gasteiger partial charge in [0.2, 0.25) is 0 Å². The number of carboxylic acids is 1. The zero-order valence-electron chi connectivity index (χ0n) is 8.16. The van der Waals surface area contributed by atoms with E-state index in [1.54, 1.807) is 13.2 Å². The van der Waals surface area contributed by atoms with Crippen LogP contribution in [0.3, 0.4) is 0 Å². The highest BCUT2D eigenvalue weighted by Gasteiger charge is 2.07. The lowest BCUT2D eigenvalue weighted by Gasteiger charge is -2.13. The highest BCUT2D eigenvalue weighted by molar-refractivity contribution is 5.66. The molecule has 0 aromatic rings. The minimum absolute atomic E-state index is 0.0311. The molecule has 0 saturated heterocycles. The smallest absolute Gasteiger partial charge is 0.306 e. The molecule has 0 spiro atoms. The van der Waals surface area contributed by atoms with Crippen molar-refractivity contribution in [1.82, 2.24) is 0 Å². The average Bonchev–Trinajstić information content (AvgIpc) is 2.18. The second-order valence-corrected chi connectivity index (χ2v) is 2.95. The monoisotopic (exact) mass is 198 g/mol. The van der Waals surface area contributed by atoms with E-state index >= 15 is 0 Å². The Labute approximate surface area is 82.8 Å². The molecule has 0 saturated carbocycles. The molecule has 0 radical (unpaired) electrons. The van der Waals surface area contributed by atoms with Gasteiger partial charge in [-0.25, -0.2) is 0 Å². The van der Waals surface area contributed by atoms with Crippen molar-refractivity contribution in [3.8, 4) is 0 Å². The number of hydrogen-bond donors (Lipinski definition) is 1. The van der Waals surface area contributed by atoms with Crippen LogP contribution in [0.5, 0.6) is 0 Å². The Morgan fingerprint density at radius 3 is 3.07 bits per heavy atom. The first-order valence-corrected chi connectivity index (χ1v) is 4.51. The Kier molecular flexibility index (Phi) is 4.04. The highest BCUT2D eigenvalue weighted by atomic mass is 16.5. The van der Waals surface area contributed by atoms with Gasteiger partial charge in [0.15, 0.2) is 0 Å². The maximum absolute atomic E-state index is 10.2. The van der Waals surface area contributed by atoms with Gasteiger partial charge in [-0.05, 0) is 12.5 Å². The van der Waals surface area contributed by atoms with Gasteiger partial charge in [0.1, 0.15) is 5.76 Å². The molecule has 0 fully saturated rings. The molecule has 0 atom stereocenters. The van der Waals surface area contributed by atoms with Gasteiger partial charge in [-0.2, -0.15) is 0 Å². The Bertz CT molecular complexity index is 265. The fraction of sp³-hybridized carbons (Fsp3) is 0.500. The van der Waals surface area contributed by atoms with Crippen molar-refractivity contribution in [2.24, 2.45) is 0 Å². The quantitative estimate of drug-likeness (QED) is 0.730. The molecule has 1 aliphatic rings. The van der Waals surface area contributed by atoms with Crippen molar-refractivity contribution >= 4 is 5.97 Å². The van der Waals surface area contributed by atoms with Crippen LogP contribution >= 0.6 is 0 Å². The molecule has 1 rings (SSSR count). The topological polar surface area (TPSA) is 55.8 Å². The number of aliphatic carboxylic acids is 1. The molecule has 0 bridgehead atoms. The number of carbonyl (C=O) groups is 1. The van der Waals surface area contributed by atoms with Crippen molar-refractivity contribution in [1.29, 1.82) is 0 Å². The molecule has 0 heterocycles. The maximum atomic E-state index is 10.2. The van der Waals surface area contributed by atoms with Gasteiger partial charge in [-0.15, -0.1) is 0 Å². The Morgan fingerprint density at radius 1 is 1.64 bits per heavy atom. The van der Waals surface area contributed by atoms with Crippen LogP contribution in [0, 0.1) is 0 Å². The summed E-state index contributed by atoms with van der Waals surface area (Å²) in [6.07, 6.45) is 5.49. The minimum atomic E-state index is -0.844. The first kappa shape index (κ1) is 10.6. The summed E-state index contributed by atoms with van der Waals surface area (Å²) in [7, 11) is 1.60. The van der Waals surface area contributed by atoms with Gasteiger partial charge in [-0.1, -0.05) is 0 Å². The van der Waals surface area contributed by atoms with Crippen LogP contribution < -0.4 is 0 Å². The summed E-state index contributed by atoms with van der Waals surface area (Å²) in [6, 6.07) is 0. The van der Waals surface area contributed by atoms with Crippen LogP contribution in [0.15, 0.2) is 23.7 Å². The van der Waals surface area contributed by atoms with E-state index in [1.165, 1.54) is 0 Å². The number of carboxylic acid groups (broad SMARTS) is 1. The van der Waals surface area contributed by atoms with E-state index in [4.69, 9.17) is 14.6 Å². The average molecular weight is 198 g/mol. The van der Waals surface area contributed by atoms with Crippen molar-refractivity contribution < 1.29 is 19.4 Å². The number of rotatable bonds is 5. The molecule has 0 aliphatic heterocycles. The van der Waals surface area contributed by atoms with Crippen LogP contribution in [-0.4, -0.2) is 24.8 Å². The molecular formula is C10H14O4. The van der Waals surface area contributed by atoms with E-state index in [0.717, 1.165) is 24.4 Å². The molecule has 0 unspecified atom stereocenters. The van der Waals surface area contributed by atoms with Crippen LogP contribution in [0.4, 0.5) is 0 Å². The zero-order valence-corrected chi connectivity index (χ0v) is 8.16. The Hall–Kier alpha value is -1.45. The third-order valence-electron chi connectivity index (χ3n) is 1.88. The summed E-state index contributed by atoms with van der Waals surface area (Å²) in [5, 5.41) is 8.41. The van der Waals surface area contributed by atoms with Crippen molar-refractivity contribution in [2.75, 3.05) is 13.7 Å². The molecule has 0 aromatic carbocycles. The SMILES string of the molecule is COC1=CCCC(OCCC(=O)O)=C1. The van der Waals surface area contributed by atoms with Crippen molar-refractivity contribution in [3.05, 3.63) is 23.7 Å². The van der Waals surface area contributed by atoms with Gasteiger partial charge in [-0.3, -0.25) is 4.79 Å². The molecule has 0 amide bonds. The summed E-state index contributed by atoms with van der Waals surface area (Å²) >= 11 is 0. The number of ether oxygens (including phenoxy) is 2. The minimum Gasteiger partial charge on any atom is -0.497 e. The number of hydrogen-bond acceptors (Lipinski definition) is 3. The number of methoxy groups -OCH3 is 1. The summed E-state index contributed by atoms with van der Waals surface area (Å²) in [5.41, 5.74) is 0. The normalized spacial score (nSPS) is 15.5. The first-order chi connectivity index (χ1) is 6.72. The summed E-state index contributed by atoms with van der Waals surface area (Å²) in [4.78, 5) is 10.2. The van der Waals surface area contributed by atoms with Crippen LogP contribution in [-0.2, 0) is 14.3 Å². The maximum Gasteiger partial charge on any atom is 0.306 e. The third-order valence-corrected chi connectivity index (χ3v) is 1.88. The fourth-order valence-corrected chi connectivity index (χ4v) is 1.17. The molecule has 78 valence electrons. The van der Waals surface area contributed by atoms with E-state index in [0.29, 0.717) is 0 Å². The van der Waals surface area contributed by atoms with Gasteiger partial charge in [0.25, 0.3) is 0 Å². The van der Waals surface area contributed by atoms with Crippen LogP contribution in [0.25, 0.3) is 0 Å². The largest absolute Gasteiger partial charge is 0.497 e. The highest BCUT2D eigenvalue weighted by Crippen LogP contribution is 2.18. The van der Waals surface area contributed by atoms with Gasteiger partial charge in [0, 0.05) is 12.5 Å². The lowest BCUT2D eigenvalue weighted by molar-refractivity contribution is -0.137. The number of allylic oxidation sites excluding steroid dienone is 3. The predicted octanol–water partition coefficient (Wildman–Crippen LogP) is 1.69. The van der Waals surface area contributed by atoms with Crippen LogP contribution in [0.2, 0.25) is 0 Å². The molecule has 1 aliphatic carbocycles. The predicted molar refractivity (Wildman–Crippen MR) is 50.6 cm³/mol. The van der Waals surface area contributed by atoms with E-state index in [1.807, 2.05) is 6.08 Å². The summed E-state index contributed by atoms with van der Waals surface area (Å²) in [6.45, 7) is 0.220. The summed E-state index contributed by atoms with van der Waals surface area (Å²) < 4.78 is 10.3.